The van der Waals surface area contributed by atoms with Crippen LogP contribution in [0.4, 0.5) is 4.79 Å². The summed E-state index contributed by atoms with van der Waals surface area (Å²) in [5, 5.41) is 0. The Kier molecular flexibility index (Phi) is 8.38. The van der Waals surface area contributed by atoms with Gasteiger partial charge in [-0.05, 0) is 105 Å². The van der Waals surface area contributed by atoms with Crippen LogP contribution in [0.5, 0.6) is 0 Å². The Hall–Kier alpha value is -0.850. The molecule has 4 aliphatic carbocycles. The molecule has 0 radical (unpaired) electrons. The first-order valence-electron chi connectivity index (χ1n) is 13.1. The highest BCUT2D eigenvalue weighted by molar-refractivity contribution is 14.1. The highest BCUT2D eigenvalue weighted by atomic mass is 127. The number of carbonyl (C=O) groups is 1. The van der Waals surface area contributed by atoms with E-state index in [1.54, 1.807) is 0 Å². The van der Waals surface area contributed by atoms with Crippen molar-refractivity contribution in [1.82, 2.24) is 13.0 Å². The van der Waals surface area contributed by atoms with Gasteiger partial charge >= 0.3 is 6.03 Å². The molecule has 1 unspecified atom stereocenters. The molecule has 0 N–H and O–H groups in total. The van der Waals surface area contributed by atoms with Crippen LogP contribution in [-0.2, 0) is 6.42 Å². The molecule has 0 aromatic carbocycles. The lowest BCUT2D eigenvalue weighted by Crippen LogP contribution is -2.48. The monoisotopic (exact) mass is 551 g/mol. The summed E-state index contributed by atoms with van der Waals surface area (Å²) >= 11 is 2.26. The summed E-state index contributed by atoms with van der Waals surface area (Å²) in [6.07, 6.45) is 18.3. The van der Waals surface area contributed by atoms with Crippen LogP contribution >= 0.6 is 22.9 Å². The van der Waals surface area contributed by atoms with Crippen molar-refractivity contribution >= 4 is 28.9 Å². The van der Waals surface area contributed by atoms with Gasteiger partial charge in [0.05, 0.1) is 22.9 Å². The van der Waals surface area contributed by atoms with Crippen molar-refractivity contribution in [2.24, 2.45) is 29.1 Å². The summed E-state index contributed by atoms with van der Waals surface area (Å²) in [5.41, 5.74) is 1.84. The molecule has 4 nitrogen and oxygen atoms in total. The molecule has 1 heterocycles. The quantitative estimate of drug-likeness (QED) is 0.167. The summed E-state index contributed by atoms with van der Waals surface area (Å²) < 4.78 is 1.95. The molecule has 0 saturated heterocycles. The lowest BCUT2D eigenvalue weighted by Gasteiger charge is -2.57. The van der Waals surface area contributed by atoms with Crippen LogP contribution in [0.25, 0.3) is 0 Å². The molecule has 1 aromatic heterocycles. The SMILES string of the molecule is CCCCCN(CCC12CC3CC(CC(C3)C1)C2)C(=O)N(I)CC(C)Cc1ccncc1. The summed E-state index contributed by atoms with van der Waals surface area (Å²) in [4.78, 5) is 19.8. The van der Waals surface area contributed by atoms with Crippen LogP contribution in [0.3, 0.4) is 0 Å². The molecule has 4 fully saturated rings. The Labute approximate surface area is 209 Å². The third-order valence-electron chi connectivity index (χ3n) is 8.39. The molecule has 4 bridgehead atoms. The van der Waals surface area contributed by atoms with Gasteiger partial charge in [0.1, 0.15) is 0 Å². The zero-order valence-electron chi connectivity index (χ0n) is 20.1. The van der Waals surface area contributed by atoms with Crippen LogP contribution in [0.2, 0.25) is 0 Å². The van der Waals surface area contributed by atoms with Crippen molar-refractivity contribution in [2.75, 3.05) is 19.6 Å². The number of nitrogens with zero attached hydrogens (tertiary/aromatic N) is 3. The van der Waals surface area contributed by atoms with E-state index in [1.165, 1.54) is 63.4 Å². The molecule has 4 saturated carbocycles. The lowest BCUT2D eigenvalue weighted by atomic mass is 9.49. The zero-order chi connectivity index (χ0) is 22.6. The second-order valence-electron chi connectivity index (χ2n) is 11.4. The van der Waals surface area contributed by atoms with Crippen molar-refractivity contribution in [3.8, 4) is 0 Å². The predicted molar refractivity (Wildman–Crippen MR) is 140 cm³/mol. The smallest absolute Gasteiger partial charge is 0.324 e. The van der Waals surface area contributed by atoms with Gasteiger partial charge in [-0.3, -0.25) is 8.10 Å². The number of pyridine rings is 1. The fourth-order valence-corrected chi connectivity index (χ4v) is 8.29. The summed E-state index contributed by atoms with van der Waals surface area (Å²) in [7, 11) is 0. The second-order valence-corrected chi connectivity index (χ2v) is 12.5. The minimum atomic E-state index is 0.230. The molecule has 1 aromatic rings. The van der Waals surface area contributed by atoms with E-state index < -0.39 is 0 Å². The third-order valence-corrected chi connectivity index (χ3v) is 9.20. The molecule has 1 atom stereocenters. The Morgan fingerprint density at radius 1 is 1.09 bits per heavy atom. The fourth-order valence-electron chi connectivity index (χ4n) is 7.32. The van der Waals surface area contributed by atoms with Crippen molar-refractivity contribution in [3.05, 3.63) is 30.1 Å². The van der Waals surface area contributed by atoms with Gasteiger partial charge in [0.2, 0.25) is 0 Å². The van der Waals surface area contributed by atoms with Gasteiger partial charge in [-0.2, -0.15) is 0 Å². The Balaban J connectivity index is 1.33. The first kappa shape index (κ1) is 24.3. The van der Waals surface area contributed by atoms with Crippen molar-refractivity contribution < 1.29 is 4.79 Å². The maximum absolute atomic E-state index is 13.5. The highest BCUT2D eigenvalue weighted by Gasteiger charge is 2.50. The number of amides is 2. The van der Waals surface area contributed by atoms with E-state index in [9.17, 15) is 4.79 Å². The maximum atomic E-state index is 13.5. The molecular formula is C27H42IN3O. The van der Waals surface area contributed by atoms with Crippen molar-refractivity contribution in [2.45, 2.75) is 84.5 Å². The van der Waals surface area contributed by atoms with Crippen LogP contribution < -0.4 is 0 Å². The van der Waals surface area contributed by atoms with Crippen LogP contribution in [0, 0.1) is 29.1 Å². The number of carbonyl (C=O) groups excluding carboxylic acids is 1. The van der Waals surface area contributed by atoms with Gasteiger partial charge < -0.3 is 4.90 Å². The number of halogens is 1. The Bertz CT molecular complexity index is 704. The number of hydrogen-bond donors (Lipinski definition) is 0. The molecule has 5 rings (SSSR count). The molecule has 4 aliphatic rings. The molecule has 2 amide bonds. The molecule has 5 heteroatoms. The summed E-state index contributed by atoms with van der Waals surface area (Å²) in [6.45, 7) is 7.15. The highest BCUT2D eigenvalue weighted by Crippen LogP contribution is 2.61. The van der Waals surface area contributed by atoms with Crippen LogP contribution in [0.1, 0.15) is 83.6 Å². The molecule has 0 aliphatic heterocycles. The number of hydrogen-bond acceptors (Lipinski definition) is 2. The third kappa shape index (κ3) is 6.18. The van der Waals surface area contributed by atoms with Crippen molar-refractivity contribution in [1.29, 1.82) is 0 Å². The minimum absolute atomic E-state index is 0.230. The van der Waals surface area contributed by atoms with E-state index >= 15 is 0 Å². The first-order chi connectivity index (χ1) is 15.5. The number of aromatic nitrogens is 1. The fraction of sp³-hybridized carbons (Fsp3) is 0.778. The van der Waals surface area contributed by atoms with Gasteiger partial charge in [0.15, 0.2) is 0 Å². The molecule has 0 spiro atoms. The van der Waals surface area contributed by atoms with Crippen molar-refractivity contribution in [3.63, 3.8) is 0 Å². The number of urea groups is 1. The average Bonchev–Trinajstić information content (AvgIpc) is 2.75. The van der Waals surface area contributed by atoms with E-state index in [0.29, 0.717) is 11.3 Å². The molecular weight excluding hydrogens is 509 g/mol. The largest absolute Gasteiger partial charge is 0.328 e. The van der Waals surface area contributed by atoms with Gasteiger partial charge in [0, 0.05) is 32.0 Å². The minimum Gasteiger partial charge on any atom is -0.324 e. The topological polar surface area (TPSA) is 36.4 Å². The molecule has 178 valence electrons. The van der Waals surface area contributed by atoms with Gasteiger partial charge in [-0.25, -0.2) is 4.79 Å². The average molecular weight is 552 g/mol. The Morgan fingerprint density at radius 3 is 2.31 bits per heavy atom. The first-order valence-corrected chi connectivity index (χ1v) is 14.0. The standard InChI is InChI=1S/C27H42IN3O/c1-3-4-5-11-30(12-8-27-17-23-14-24(18-27)16-25(15-23)19-27)26(32)31(28)20-21(2)13-22-6-9-29-10-7-22/h6-7,9-10,21,23-25H,3-5,8,11-20H2,1-2H3. The molecule has 32 heavy (non-hydrogen) atoms. The van der Waals surface area contributed by atoms with Gasteiger partial charge in [-0.1, -0.05) is 26.7 Å². The van der Waals surface area contributed by atoms with E-state index in [1.807, 2.05) is 15.5 Å². The van der Waals surface area contributed by atoms with E-state index in [2.05, 4.69) is 58.7 Å². The van der Waals surface area contributed by atoms with Crippen LogP contribution in [0.15, 0.2) is 24.5 Å². The maximum Gasteiger partial charge on any atom is 0.328 e. The van der Waals surface area contributed by atoms with Crippen LogP contribution in [-0.4, -0.2) is 38.7 Å². The lowest BCUT2D eigenvalue weighted by molar-refractivity contribution is -0.0597. The van der Waals surface area contributed by atoms with E-state index in [-0.39, 0.29) is 6.03 Å². The normalized spacial score (nSPS) is 29.2. The zero-order valence-corrected chi connectivity index (χ0v) is 22.3. The van der Waals surface area contributed by atoms with Gasteiger partial charge in [-0.15, -0.1) is 0 Å². The number of rotatable bonds is 11. The number of unbranched alkanes of at least 4 members (excludes halogenated alkanes) is 2. The van der Waals surface area contributed by atoms with Gasteiger partial charge in [0.25, 0.3) is 0 Å². The predicted octanol–water partition coefficient (Wildman–Crippen LogP) is 7.13. The van der Waals surface area contributed by atoms with E-state index in [4.69, 9.17) is 0 Å². The summed E-state index contributed by atoms with van der Waals surface area (Å²) in [5.74, 6) is 3.39. The summed E-state index contributed by atoms with van der Waals surface area (Å²) in [6, 6.07) is 4.39. The second kappa shape index (κ2) is 11.1. The van der Waals surface area contributed by atoms with E-state index in [0.717, 1.165) is 50.2 Å². The Morgan fingerprint density at radius 2 is 1.72 bits per heavy atom.